The Labute approximate surface area is 133 Å². The fourth-order valence-corrected chi connectivity index (χ4v) is 2.20. The largest absolute Gasteiger partial charge is 0.481 e. The molecule has 1 aromatic rings. The second kappa shape index (κ2) is 7.17. The molecule has 0 spiro atoms. The molecular weight excluding hydrogens is 328 g/mol. The Morgan fingerprint density at radius 1 is 1.04 bits per heavy atom. The lowest BCUT2D eigenvalue weighted by Crippen LogP contribution is -2.32. The van der Waals surface area contributed by atoms with E-state index in [0.29, 0.717) is 0 Å². The van der Waals surface area contributed by atoms with Crippen LogP contribution in [0.15, 0.2) is 35.9 Å². The predicted octanol–water partition coefficient (Wildman–Crippen LogP) is 1.53. The van der Waals surface area contributed by atoms with E-state index in [2.05, 4.69) is 0 Å². The topological polar surface area (TPSA) is 181 Å². The monoisotopic (exact) mass is 340 g/mol. The maximum atomic E-state index is 11.6. The molecule has 11 heteroatoms. The van der Waals surface area contributed by atoms with E-state index in [9.17, 15) is 34.9 Å². The third-order valence-corrected chi connectivity index (χ3v) is 3.22. The highest BCUT2D eigenvalue weighted by Crippen LogP contribution is 2.35. The highest BCUT2D eigenvalue weighted by atomic mass is 16.6. The number of carbonyl (C=O) groups is 2. The molecule has 3 N–H and O–H groups in total. The molecule has 0 saturated carbocycles. The highest BCUT2D eigenvalue weighted by molar-refractivity contribution is 5.98. The molecule has 1 rings (SSSR count). The summed E-state index contributed by atoms with van der Waals surface area (Å²) in [6, 6.07) is 3.92. The number of nitrogens with zero attached hydrogens (tertiary/aromatic N) is 2. The van der Waals surface area contributed by atoms with Crippen LogP contribution >= 0.6 is 0 Å². The van der Waals surface area contributed by atoms with Gasteiger partial charge in [-0.2, -0.15) is 0 Å². The summed E-state index contributed by atoms with van der Waals surface area (Å²) in [5.74, 6) is -8.27. The minimum atomic E-state index is -1.99. The predicted molar refractivity (Wildman–Crippen MR) is 76.9 cm³/mol. The van der Waals surface area contributed by atoms with Gasteiger partial charge in [0.05, 0.1) is 9.85 Å². The minimum Gasteiger partial charge on any atom is -0.481 e. The first-order valence-corrected chi connectivity index (χ1v) is 6.32. The molecule has 2 atom stereocenters. The third kappa shape index (κ3) is 3.82. The average Bonchev–Trinajstić information content (AvgIpc) is 2.45. The van der Waals surface area contributed by atoms with Crippen molar-refractivity contribution in [2.75, 3.05) is 0 Å². The van der Waals surface area contributed by atoms with E-state index in [0.717, 1.165) is 31.2 Å². The summed E-state index contributed by atoms with van der Waals surface area (Å²) in [6.07, 6.45) is 0. The van der Waals surface area contributed by atoms with Gasteiger partial charge < -0.3 is 15.3 Å². The Hall–Kier alpha value is -3.50. The second-order valence-corrected chi connectivity index (χ2v) is 4.72. The number of ketones is 1. The SMILES string of the molecule is CC(=O)C(C(=O)O)C(C(=C(O)O)[N+](=O)[O-])c1ccc([N+](=O)[O-])cc1. The van der Waals surface area contributed by atoms with Gasteiger partial charge in [0, 0.05) is 12.1 Å². The van der Waals surface area contributed by atoms with Crippen molar-refractivity contribution in [3.05, 3.63) is 61.7 Å². The maximum Gasteiger partial charge on any atom is 0.351 e. The minimum absolute atomic E-state index is 0.171. The van der Waals surface area contributed by atoms with Crippen molar-refractivity contribution in [2.45, 2.75) is 12.8 Å². The number of hydrogen-bond acceptors (Lipinski definition) is 8. The van der Waals surface area contributed by atoms with Crippen molar-refractivity contribution in [1.82, 2.24) is 0 Å². The quantitative estimate of drug-likeness (QED) is 0.287. The van der Waals surface area contributed by atoms with Crippen LogP contribution in [0.3, 0.4) is 0 Å². The average molecular weight is 340 g/mol. The first-order chi connectivity index (χ1) is 11.1. The molecule has 128 valence electrons. The van der Waals surface area contributed by atoms with Gasteiger partial charge in [0.15, 0.2) is 0 Å². The Morgan fingerprint density at radius 2 is 1.54 bits per heavy atom. The molecule has 0 aliphatic carbocycles. The zero-order valence-corrected chi connectivity index (χ0v) is 12.1. The van der Waals surface area contributed by atoms with Gasteiger partial charge in [-0.1, -0.05) is 12.1 Å². The number of aliphatic carboxylic acids is 1. The molecule has 2 unspecified atom stereocenters. The lowest BCUT2D eigenvalue weighted by Gasteiger charge is -2.19. The molecule has 0 saturated heterocycles. The van der Waals surface area contributed by atoms with E-state index in [-0.39, 0.29) is 11.3 Å². The number of nitro benzene ring substituents is 1. The number of carbonyl (C=O) groups excluding carboxylic acids is 1. The summed E-state index contributed by atoms with van der Waals surface area (Å²) in [5.41, 5.74) is -1.84. The van der Waals surface area contributed by atoms with Crippen molar-refractivity contribution >= 4 is 17.4 Å². The molecule has 0 heterocycles. The molecule has 0 radical (unpaired) electrons. The first-order valence-electron chi connectivity index (χ1n) is 6.32. The first kappa shape index (κ1) is 18.5. The summed E-state index contributed by atoms with van der Waals surface area (Å²) in [7, 11) is 0. The zero-order chi connectivity index (χ0) is 18.6. The van der Waals surface area contributed by atoms with Crippen LogP contribution in [0.4, 0.5) is 5.69 Å². The van der Waals surface area contributed by atoms with E-state index < -0.39 is 45.1 Å². The molecule has 24 heavy (non-hydrogen) atoms. The number of aliphatic hydroxyl groups is 2. The highest BCUT2D eigenvalue weighted by Gasteiger charge is 2.44. The van der Waals surface area contributed by atoms with Crippen molar-refractivity contribution in [3.8, 4) is 0 Å². The number of rotatable bonds is 7. The number of hydrogen-bond donors (Lipinski definition) is 3. The number of nitro groups is 2. The molecule has 0 fully saturated rings. The summed E-state index contributed by atoms with van der Waals surface area (Å²) in [6.45, 7) is 0.878. The fourth-order valence-electron chi connectivity index (χ4n) is 2.20. The summed E-state index contributed by atoms with van der Waals surface area (Å²) in [5, 5.41) is 49.2. The Bertz CT molecular complexity index is 705. The van der Waals surface area contributed by atoms with Gasteiger partial charge in [-0.3, -0.25) is 29.8 Å². The summed E-state index contributed by atoms with van der Waals surface area (Å²) >= 11 is 0. The standard InChI is InChI=1S/C13H12N2O9/c1-6(16)9(12(17)18)10(11(13(19)20)15(23)24)7-2-4-8(5-3-7)14(21)22/h2-5,9-10,19-20H,1H3,(H,17,18). The van der Waals surface area contributed by atoms with Crippen LogP contribution in [-0.4, -0.2) is 36.9 Å². The Morgan fingerprint density at radius 3 is 1.83 bits per heavy atom. The molecule has 0 aromatic heterocycles. The third-order valence-electron chi connectivity index (χ3n) is 3.22. The number of non-ortho nitro benzene ring substituents is 1. The van der Waals surface area contributed by atoms with Gasteiger partial charge >= 0.3 is 17.6 Å². The summed E-state index contributed by atoms with van der Waals surface area (Å²) in [4.78, 5) is 42.7. The van der Waals surface area contributed by atoms with E-state index in [1.54, 1.807) is 0 Å². The Balaban J connectivity index is 3.62. The number of carboxylic acid groups (broad SMARTS) is 1. The molecule has 0 aliphatic heterocycles. The van der Waals surface area contributed by atoms with Gasteiger partial charge in [0.2, 0.25) is 0 Å². The second-order valence-electron chi connectivity index (χ2n) is 4.72. The number of carboxylic acids is 1. The van der Waals surface area contributed by atoms with E-state index >= 15 is 0 Å². The number of benzene rings is 1. The molecule has 0 aliphatic rings. The number of allylic oxidation sites excluding steroid dienone is 1. The van der Waals surface area contributed by atoms with Crippen LogP contribution in [0.2, 0.25) is 0 Å². The van der Waals surface area contributed by atoms with E-state index in [4.69, 9.17) is 10.2 Å². The fraction of sp³-hybridized carbons (Fsp3) is 0.231. The van der Waals surface area contributed by atoms with Crippen LogP contribution in [0.25, 0.3) is 0 Å². The summed E-state index contributed by atoms with van der Waals surface area (Å²) < 4.78 is 0. The molecule has 11 nitrogen and oxygen atoms in total. The van der Waals surface area contributed by atoms with Crippen LogP contribution in [0.1, 0.15) is 18.4 Å². The molecule has 1 aromatic carbocycles. The number of aliphatic hydroxyl groups excluding tert-OH is 1. The normalized spacial score (nSPS) is 12.7. The molecule has 0 amide bonds. The lowest BCUT2D eigenvalue weighted by molar-refractivity contribution is -0.436. The van der Waals surface area contributed by atoms with E-state index in [1.165, 1.54) is 0 Å². The van der Waals surface area contributed by atoms with Crippen LogP contribution < -0.4 is 0 Å². The Kier molecular flexibility index (Phi) is 5.54. The van der Waals surface area contributed by atoms with Gasteiger partial charge in [-0.05, 0) is 12.5 Å². The lowest BCUT2D eigenvalue weighted by atomic mass is 9.81. The smallest absolute Gasteiger partial charge is 0.351 e. The zero-order valence-electron chi connectivity index (χ0n) is 12.1. The molecule has 0 bridgehead atoms. The van der Waals surface area contributed by atoms with Crippen molar-refractivity contribution < 1.29 is 34.8 Å². The van der Waals surface area contributed by atoms with E-state index in [1.807, 2.05) is 0 Å². The molecular formula is C13H12N2O9. The number of Topliss-reactive ketones (excluding diaryl/α,β-unsaturated/α-hetero) is 1. The van der Waals surface area contributed by atoms with Crippen molar-refractivity contribution in [2.24, 2.45) is 5.92 Å². The van der Waals surface area contributed by atoms with Gasteiger partial charge in [-0.15, -0.1) is 0 Å². The van der Waals surface area contributed by atoms with Gasteiger partial charge in [0.1, 0.15) is 17.6 Å². The van der Waals surface area contributed by atoms with Crippen LogP contribution in [-0.2, 0) is 9.59 Å². The van der Waals surface area contributed by atoms with Crippen LogP contribution in [0.5, 0.6) is 0 Å². The van der Waals surface area contributed by atoms with Crippen LogP contribution in [0, 0.1) is 26.1 Å². The van der Waals surface area contributed by atoms with Gasteiger partial charge in [-0.25, -0.2) is 0 Å². The van der Waals surface area contributed by atoms with Gasteiger partial charge in [0.25, 0.3) is 5.69 Å². The van der Waals surface area contributed by atoms with Crippen molar-refractivity contribution in [3.63, 3.8) is 0 Å². The maximum absolute atomic E-state index is 11.6. The van der Waals surface area contributed by atoms with Crippen molar-refractivity contribution in [1.29, 1.82) is 0 Å².